The van der Waals surface area contributed by atoms with Crippen molar-refractivity contribution in [1.29, 1.82) is 0 Å². The van der Waals surface area contributed by atoms with E-state index in [9.17, 15) is 34.2 Å². The minimum Gasteiger partial charge on any atom is -0.391 e. The lowest BCUT2D eigenvalue weighted by Crippen LogP contribution is -2.60. The molecule has 0 saturated carbocycles. The van der Waals surface area contributed by atoms with Gasteiger partial charge in [0.05, 0.1) is 88.9 Å². The Morgan fingerprint density at radius 1 is 0.894 bits per heavy atom. The van der Waals surface area contributed by atoms with Crippen LogP contribution in [0.25, 0.3) is 54.1 Å². The highest BCUT2D eigenvalue weighted by atomic mass is 32.2. The molecule has 5 amide bonds. The lowest BCUT2D eigenvalue weighted by Gasteiger charge is -2.38. The fourth-order valence-corrected chi connectivity index (χ4v) is 14.8. The molecule has 85 heavy (non-hydrogen) atoms. The monoisotopic (exact) mass is 1220 g/mol. The minimum atomic E-state index is -2.04. The van der Waals surface area contributed by atoms with Crippen LogP contribution < -0.4 is 21.3 Å². The molecule has 3 aromatic heterocycles. The summed E-state index contributed by atoms with van der Waals surface area (Å²) in [6, 6.07) is 18.3. The fraction of sp³-hybridized carbons (Fsp3) is 0.492. The van der Waals surface area contributed by atoms with Gasteiger partial charge >= 0.3 is 0 Å². The number of hydrogen-bond donors (Lipinski definition) is 6. The smallest absolute Gasteiger partial charge is 0.257 e. The Morgan fingerprint density at radius 2 is 1.55 bits per heavy atom. The molecule has 7 heterocycles. The number of rotatable bonds is 24. The summed E-state index contributed by atoms with van der Waals surface area (Å²) < 4.78 is 28.4. The van der Waals surface area contributed by atoms with E-state index in [0.29, 0.717) is 12.1 Å². The molecule has 7 atom stereocenters. The van der Waals surface area contributed by atoms with Crippen LogP contribution in [-0.4, -0.2) is 147 Å². The normalized spacial score (nSPS) is 21.5. The number of hydrogen-bond acceptors (Lipinski definition) is 15. The fourth-order valence-electron chi connectivity index (χ4n) is 12.8. The average Bonchev–Trinajstić information content (AvgIpc) is 1.50. The van der Waals surface area contributed by atoms with E-state index in [1.165, 1.54) is 4.90 Å². The molecule has 6 N–H and O–H groups in total. The first-order chi connectivity index (χ1) is 40.8. The molecule has 7 aromatic rings. The van der Waals surface area contributed by atoms with Crippen LogP contribution >= 0.6 is 34.9 Å². The van der Waals surface area contributed by atoms with Crippen molar-refractivity contribution in [3.8, 4) is 10.4 Å². The maximum Gasteiger partial charge on any atom is 0.257 e. The third kappa shape index (κ3) is 11.2. The number of thiazole rings is 1. The lowest BCUT2D eigenvalue weighted by molar-refractivity contribution is -0.187. The molecule has 2 saturated heterocycles. The van der Waals surface area contributed by atoms with Crippen molar-refractivity contribution in [3.05, 3.63) is 99.7 Å². The van der Waals surface area contributed by atoms with E-state index in [1.807, 2.05) is 92.5 Å². The largest absolute Gasteiger partial charge is 0.391 e. The van der Waals surface area contributed by atoms with Crippen LogP contribution in [0.15, 0.2) is 66.2 Å². The number of aryl methyl sites for hydroxylation is 1. The Kier molecular flexibility index (Phi) is 17.5. The molecular weight excluding hydrogens is 1140 g/mol. The number of β-amino-alcohol motifs (C(OH)–C–C–N with tert-alkyl or cyclic N) is 1. The number of nitrogens with zero attached hydrogens (tertiary/aromatic N) is 4. The molecule has 19 nitrogen and oxygen atoms in total. The number of likely N-dealkylation sites (tertiary alicyclic amines) is 1. The molecule has 2 fully saturated rings. The van der Waals surface area contributed by atoms with Gasteiger partial charge < -0.3 is 64.5 Å². The molecule has 452 valence electrons. The zero-order valence-electron chi connectivity index (χ0n) is 49.4. The van der Waals surface area contributed by atoms with Crippen LogP contribution in [0.5, 0.6) is 0 Å². The second-order valence-corrected chi connectivity index (χ2v) is 27.1. The summed E-state index contributed by atoms with van der Waals surface area (Å²) in [4.78, 5) is 76.7. The third-order valence-corrected chi connectivity index (χ3v) is 19.9. The van der Waals surface area contributed by atoms with Gasteiger partial charge in [0.25, 0.3) is 11.8 Å². The highest BCUT2D eigenvalue weighted by molar-refractivity contribution is 7.98. The zero-order chi connectivity index (χ0) is 60.1. The number of benzene rings is 4. The number of nitrogens with one attached hydrogen (secondary N) is 4. The Morgan fingerprint density at radius 3 is 2.21 bits per heavy atom. The number of thioether (sulfide) groups is 2. The number of aliphatic hydroxyl groups excluding tert-OH is 1. The topological polar surface area (TPSA) is 237 Å². The summed E-state index contributed by atoms with van der Waals surface area (Å²) in [5.74, 6) is 1.45. The van der Waals surface area contributed by atoms with Gasteiger partial charge in [-0.2, -0.15) is 23.5 Å². The van der Waals surface area contributed by atoms with E-state index < -0.39 is 64.8 Å². The van der Waals surface area contributed by atoms with Crippen LogP contribution in [-0.2, 0) is 61.9 Å². The van der Waals surface area contributed by atoms with Gasteiger partial charge in [-0.3, -0.25) is 24.0 Å². The predicted octanol–water partition coefficient (Wildman–Crippen LogP) is 7.96. The number of carbonyl (C=O) groups excluding carboxylic acids is 5. The number of fused-ring (bicyclic) bond motifs is 13. The molecule has 11 rings (SSSR count). The van der Waals surface area contributed by atoms with E-state index in [-0.39, 0.29) is 77.5 Å². The summed E-state index contributed by atoms with van der Waals surface area (Å²) in [5.41, 5.74) is 7.49. The van der Waals surface area contributed by atoms with Crippen LogP contribution in [0.4, 0.5) is 0 Å². The Labute approximate surface area is 506 Å². The molecule has 4 aromatic carbocycles. The average molecular weight is 1220 g/mol. The predicted molar refractivity (Wildman–Crippen MR) is 332 cm³/mol. The summed E-state index contributed by atoms with van der Waals surface area (Å²) in [7, 11) is 0. The van der Waals surface area contributed by atoms with E-state index in [1.54, 1.807) is 18.3 Å². The van der Waals surface area contributed by atoms with Crippen molar-refractivity contribution in [1.82, 2.24) is 40.3 Å². The van der Waals surface area contributed by atoms with Gasteiger partial charge in [0.15, 0.2) is 11.3 Å². The maximum absolute atomic E-state index is 14.7. The second kappa shape index (κ2) is 24.6. The highest BCUT2D eigenvalue weighted by Gasteiger charge is 2.65. The molecular formula is C63H76N8O11S3. The van der Waals surface area contributed by atoms with Crippen LogP contribution in [0.3, 0.4) is 0 Å². The summed E-state index contributed by atoms with van der Waals surface area (Å²) in [6.07, 6.45) is -1.66. The third-order valence-electron chi connectivity index (χ3n) is 17.0. The number of ether oxygens (including phenoxy) is 4. The molecule has 22 heteroatoms. The van der Waals surface area contributed by atoms with Crippen LogP contribution in [0, 0.1) is 12.3 Å². The van der Waals surface area contributed by atoms with Crippen molar-refractivity contribution in [2.75, 3.05) is 64.2 Å². The molecule has 0 unspecified atom stereocenters. The first-order valence-electron chi connectivity index (χ1n) is 29.3. The van der Waals surface area contributed by atoms with E-state index in [0.717, 1.165) is 105 Å². The van der Waals surface area contributed by atoms with Gasteiger partial charge in [0, 0.05) is 65.5 Å². The number of aromatic nitrogens is 3. The summed E-state index contributed by atoms with van der Waals surface area (Å²) in [5, 5.41) is 39.3. The first-order valence-corrected chi connectivity index (χ1v) is 32.5. The standard InChI is InChI=1S/C63H76N8O11S3/c1-9-83-32-37-11-17-45-42(25-37)51-52-44(29-65-58(52)75)50-43-26-38(33-84-10-2)12-18-46(43)71-54(50)53(51)70(45)49-28-63(78,62(71,8)82-49)60(77)64-19-20-79-21-22-80-23-24-81-31-48(73)68-56(61(5,6)7)59(76)69-30-41(72)27-47(69)57(74)67-35(3)39-13-15-40(16-14-39)55-36(4)66-34-85-55/h11-18,25-26,34-35,41,47,49,56,72,78H,9-10,19-24,27-33H2,1-8H3,(H,64,77)(H,65,75)(H,67,74)(H,68,73)/t35-,41+,47-,49+,56+,62-,63-/m0/s1. The summed E-state index contributed by atoms with van der Waals surface area (Å²) in [6.45, 7) is 16.2. The Balaban J connectivity index is 0.675. The molecule has 0 radical (unpaired) electrons. The number of carbonyl (C=O) groups is 5. The van der Waals surface area contributed by atoms with E-state index in [4.69, 9.17) is 18.9 Å². The van der Waals surface area contributed by atoms with Crippen LogP contribution in [0.1, 0.15) is 112 Å². The first kappa shape index (κ1) is 60.6. The van der Waals surface area contributed by atoms with E-state index >= 15 is 0 Å². The Bertz CT molecular complexity index is 3720. The van der Waals surface area contributed by atoms with Gasteiger partial charge in [-0.05, 0) is 89.8 Å². The minimum absolute atomic E-state index is 0.0485. The molecule has 2 bridgehead atoms. The molecule has 0 aliphatic carbocycles. The second-order valence-electron chi connectivity index (χ2n) is 23.7. The number of amides is 5. The quantitative estimate of drug-likeness (QED) is 0.0315. The molecule has 4 aliphatic rings. The lowest BCUT2D eigenvalue weighted by atomic mass is 9.85. The van der Waals surface area contributed by atoms with Gasteiger partial charge in [0.2, 0.25) is 17.7 Å². The van der Waals surface area contributed by atoms with Gasteiger partial charge in [-0.25, -0.2) is 4.98 Å². The maximum atomic E-state index is 14.7. The summed E-state index contributed by atoms with van der Waals surface area (Å²) >= 11 is 5.22. The molecule has 0 spiro atoms. The molecule has 4 aliphatic heterocycles. The van der Waals surface area contributed by atoms with Crippen LogP contribution in [0.2, 0.25) is 0 Å². The highest BCUT2D eigenvalue weighted by Crippen LogP contribution is 2.58. The van der Waals surface area contributed by atoms with Crippen molar-refractivity contribution in [2.24, 2.45) is 5.41 Å². The SMILES string of the molecule is CCSCc1ccc2c(c1)c1c3c(c4c5cc(CSCC)ccc5n5c4c1n2[C@H]1C[C@](O)(C(=O)NCCOCCOCCOCC(=O)N[C@H](C(=O)N2C[C@H](O)C[C@H]2C(=O)N[C@@H](C)c2ccc(-c4scnc4C)cc2)C(C)(C)C)[C@]5(C)O1)CNC3=O. The van der Waals surface area contributed by atoms with E-state index in [2.05, 4.69) is 81.1 Å². The van der Waals surface area contributed by atoms with Crippen molar-refractivity contribution in [2.45, 2.75) is 128 Å². The van der Waals surface area contributed by atoms with Crippen molar-refractivity contribution < 1.29 is 53.1 Å². The Hall–Kier alpha value is -6.08. The van der Waals surface area contributed by atoms with Gasteiger partial charge in [0.1, 0.15) is 24.9 Å². The number of aliphatic hydroxyl groups is 2. The zero-order valence-corrected chi connectivity index (χ0v) is 51.9. The van der Waals surface area contributed by atoms with Gasteiger partial charge in [-0.15, -0.1) is 11.3 Å². The van der Waals surface area contributed by atoms with Gasteiger partial charge in [-0.1, -0.05) is 71.0 Å². The van der Waals surface area contributed by atoms with Crippen molar-refractivity contribution >= 4 is 108 Å². The van der Waals surface area contributed by atoms with Crippen molar-refractivity contribution in [3.63, 3.8) is 0 Å².